The monoisotopic (exact) mass is 378 g/mol. The molecule has 0 N–H and O–H groups in total. The number of carbonyl (C=O) groups is 1. The summed E-state index contributed by atoms with van der Waals surface area (Å²) in [6, 6.07) is 8.15. The molecule has 2 aromatic heterocycles. The number of rotatable bonds is 3. The second kappa shape index (κ2) is 6.89. The van der Waals surface area contributed by atoms with Crippen LogP contribution in [0.4, 0.5) is 0 Å². The van der Waals surface area contributed by atoms with Crippen LogP contribution in [0.5, 0.6) is 0 Å². The van der Waals surface area contributed by atoms with Crippen LogP contribution in [0.25, 0.3) is 11.3 Å². The topological polar surface area (TPSA) is 85.3 Å². The molecule has 3 aromatic rings. The highest BCUT2D eigenvalue weighted by Gasteiger charge is 2.32. The van der Waals surface area contributed by atoms with Crippen molar-refractivity contribution >= 4 is 5.91 Å². The molecule has 1 aliphatic heterocycles. The Morgan fingerprint density at radius 3 is 2.79 bits per heavy atom. The van der Waals surface area contributed by atoms with E-state index in [0.29, 0.717) is 36.3 Å². The fourth-order valence-corrected chi connectivity index (χ4v) is 4.19. The first-order valence-corrected chi connectivity index (χ1v) is 9.86. The maximum atomic E-state index is 12.8. The quantitative estimate of drug-likeness (QED) is 0.693. The highest BCUT2D eigenvalue weighted by Crippen LogP contribution is 2.30. The van der Waals surface area contributed by atoms with Crippen LogP contribution in [0.15, 0.2) is 33.3 Å². The lowest BCUT2D eigenvalue weighted by Crippen LogP contribution is -2.28. The molecular weight excluding hydrogens is 356 g/mol. The molecule has 28 heavy (non-hydrogen) atoms. The lowest BCUT2D eigenvalue weighted by Gasteiger charge is -2.15. The van der Waals surface area contributed by atoms with Crippen LogP contribution in [-0.2, 0) is 12.8 Å². The number of aromatic nitrogens is 3. The predicted molar refractivity (Wildman–Crippen MR) is 101 cm³/mol. The van der Waals surface area contributed by atoms with E-state index in [1.165, 1.54) is 24.0 Å². The van der Waals surface area contributed by atoms with E-state index >= 15 is 0 Å². The van der Waals surface area contributed by atoms with E-state index in [2.05, 4.69) is 33.5 Å². The number of amides is 1. The fourth-order valence-electron chi connectivity index (χ4n) is 4.19. The van der Waals surface area contributed by atoms with E-state index in [4.69, 9.17) is 9.05 Å². The maximum absolute atomic E-state index is 12.8. The van der Waals surface area contributed by atoms with Crippen LogP contribution in [0.3, 0.4) is 0 Å². The molecule has 1 aromatic carbocycles. The largest absolute Gasteiger partial charge is 0.355 e. The molecule has 1 saturated heterocycles. The highest BCUT2D eigenvalue weighted by atomic mass is 16.5. The third kappa shape index (κ3) is 3.10. The van der Waals surface area contributed by atoms with Crippen LogP contribution < -0.4 is 0 Å². The fraction of sp³-hybridized carbons (Fsp3) is 0.429. The van der Waals surface area contributed by atoms with Crippen molar-refractivity contribution in [1.82, 2.24) is 20.2 Å². The third-order valence-corrected chi connectivity index (χ3v) is 5.73. The van der Waals surface area contributed by atoms with Crippen molar-refractivity contribution in [3.63, 3.8) is 0 Å². The normalized spacial score (nSPS) is 19.0. The molecule has 1 unspecified atom stereocenters. The third-order valence-electron chi connectivity index (χ3n) is 5.73. The number of nitrogens with zero attached hydrogens (tertiary/aromatic N) is 4. The maximum Gasteiger partial charge on any atom is 0.276 e. The summed E-state index contributed by atoms with van der Waals surface area (Å²) in [5.41, 5.74) is 4.12. The molecule has 2 aliphatic rings. The van der Waals surface area contributed by atoms with Crippen molar-refractivity contribution in [3.8, 4) is 11.3 Å². The van der Waals surface area contributed by atoms with E-state index in [0.717, 1.165) is 24.8 Å². The minimum Gasteiger partial charge on any atom is -0.355 e. The smallest absolute Gasteiger partial charge is 0.276 e. The number of likely N-dealkylation sites (tertiary alicyclic amines) is 1. The van der Waals surface area contributed by atoms with Gasteiger partial charge in [0.05, 0.1) is 5.92 Å². The van der Waals surface area contributed by atoms with Crippen LogP contribution in [-0.4, -0.2) is 39.2 Å². The Balaban J connectivity index is 1.31. The van der Waals surface area contributed by atoms with Crippen molar-refractivity contribution in [3.05, 3.63) is 52.8 Å². The molecule has 0 saturated carbocycles. The first-order valence-electron chi connectivity index (χ1n) is 9.86. The lowest BCUT2D eigenvalue weighted by atomic mass is 9.90. The summed E-state index contributed by atoms with van der Waals surface area (Å²) in [7, 11) is 0. The Morgan fingerprint density at radius 2 is 1.96 bits per heavy atom. The Hall–Kier alpha value is -2.96. The number of hydrogen-bond donors (Lipinski definition) is 0. The molecule has 0 radical (unpaired) electrons. The SMILES string of the molecule is Cc1noc(C2CCN(C(=O)c3cc(-c4ccc5c(c4)CCCC5)on3)C2)n1. The Morgan fingerprint density at radius 1 is 1.11 bits per heavy atom. The van der Waals surface area contributed by atoms with Gasteiger partial charge in [-0.25, -0.2) is 0 Å². The average molecular weight is 378 g/mol. The van der Waals surface area contributed by atoms with Gasteiger partial charge < -0.3 is 13.9 Å². The summed E-state index contributed by atoms with van der Waals surface area (Å²) in [5.74, 6) is 1.82. The average Bonchev–Trinajstić information content (AvgIpc) is 3.47. The number of fused-ring (bicyclic) bond motifs is 1. The molecule has 1 atom stereocenters. The van der Waals surface area contributed by atoms with E-state index in [9.17, 15) is 4.79 Å². The van der Waals surface area contributed by atoms with Gasteiger partial charge in [0.1, 0.15) is 0 Å². The molecule has 5 rings (SSSR count). The van der Waals surface area contributed by atoms with Gasteiger partial charge in [0.2, 0.25) is 5.89 Å². The van der Waals surface area contributed by atoms with Crippen molar-refractivity contribution < 1.29 is 13.8 Å². The van der Waals surface area contributed by atoms with Gasteiger partial charge in [-0.15, -0.1) is 0 Å². The zero-order valence-corrected chi connectivity index (χ0v) is 15.9. The zero-order valence-electron chi connectivity index (χ0n) is 15.9. The standard InChI is InChI=1S/C21H22N4O3/c1-13-22-20(28-23-13)17-8-9-25(12-17)21(26)18-11-19(27-24-18)16-7-6-14-4-2-3-5-15(14)10-16/h6-7,10-11,17H,2-5,8-9,12H2,1H3. The molecule has 1 amide bonds. The van der Waals surface area contributed by atoms with Gasteiger partial charge in [0.15, 0.2) is 17.3 Å². The van der Waals surface area contributed by atoms with Crippen LogP contribution in [0.1, 0.15) is 58.5 Å². The second-order valence-corrected chi connectivity index (χ2v) is 7.68. The van der Waals surface area contributed by atoms with Crippen LogP contribution in [0.2, 0.25) is 0 Å². The van der Waals surface area contributed by atoms with Gasteiger partial charge in [0, 0.05) is 24.7 Å². The summed E-state index contributed by atoms with van der Waals surface area (Å²) in [5, 5.41) is 7.87. The molecule has 0 bridgehead atoms. The summed E-state index contributed by atoms with van der Waals surface area (Å²) < 4.78 is 10.8. The minimum absolute atomic E-state index is 0.0807. The van der Waals surface area contributed by atoms with Crippen molar-refractivity contribution in [2.75, 3.05) is 13.1 Å². The first-order chi connectivity index (χ1) is 13.7. The Bertz CT molecular complexity index is 1020. The molecule has 1 fully saturated rings. The molecule has 7 nitrogen and oxygen atoms in total. The second-order valence-electron chi connectivity index (χ2n) is 7.68. The van der Waals surface area contributed by atoms with E-state index in [1.807, 2.05) is 0 Å². The van der Waals surface area contributed by atoms with Gasteiger partial charge in [0.25, 0.3) is 5.91 Å². The summed E-state index contributed by atoms with van der Waals surface area (Å²) in [4.78, 5) is 18.9. The zero-order chi connectivity index (χ0) is 19.1. The van der Waals surface area contributed by atoms with Gasteiger partial charge in [-0.3, -0.25) is 4.79 Å². The van der Waals surface area contributed by atoms with Gasteiger partial charge in [-0.2, -0.15) is 4.98 Å². The molecule has 0 spiro atoms. The van der Waals surface area contributed by atoms with Crippen molar-refractivity contribution in [2.24, 2.45) is 0 Å². The van der Waals surface area contributed by atoms with Gasteiger partial charge in [-0.1, -0.05) is 22.4 Å². The number of benzene rings is 1. The van der Waals surface area contributed by atoms with Crippen LogP contribution >= 0.6 is 0 Å². The Kier molecular flexibility index (Phi) is 4.22. The molecule has 144 valence electrons. The van der Waals surface area contributed by atoms with Gasteiger partial charge >= 0.3 is 0 Å². The molecule has 3 heterocycles. The summed E-state index contributed by atoms with van der Waals surface area (Å²) in [6.07, 6.45) is 5.54. The summed E-state index contributed by atoms with van der Waals surface area (Å²) in [6.45, 7) is 3.00. The Labute approximate surface area is 162 Å². The van der Waals surface area contributed by atoms with Crippen LogP contribution in [0, 0.1) is 6.92 Å². The number of hydrogen-bond acceptors (Lipinski definition) is 6. The number of aryl methyl sites for hydroxylation is 3. The lowest BCUT2D eigenvalue weighted by molar-refractivity contribution is 0.0779. The van der Waals surface area contributed by atoms with Gasteiger partial charge in [-0.05, 0) is 56.2 Å². The van der Waals surface area contributed by atoms with Crippen molar-refractivity contribution in [1.29, 1.82) is 0 Å². The first kappa shape index (κ1) is 17.2. The molecular formula is C21H22N4O3. The highest BCUT2D eigenvalue weighted by molar-refractivity contribution is 5.93. The van der Waals surface area contributed by atoms with Crippen molar-refractivity contribution in [2.45, 2.75) is 44.9 Å². The van der Waals surface area contributed by atoms with E-state index in [-0.39, 0.29) is 11.8 Å². The van der Waals surface area contributed by atoms with E-state index < -0.39 is 0 Å². The minimum atomic E-state index is -0.119. The molecule has 7 heteroatoms. The molecule has 1 aliphatic carbocycles. The predicted octanol–water partition coefficient (Wildman–Crippen LogP) is 3.54. The summed E-state index contributed by atoms with van der Waals surface area (Å²) >= 11 is 0. The number of carbonyl (C=O) groups excluding carboxylic acids is 1. The van der Waals surface area contributed by atoms with E-state index in [1.54, 1.807) is 17.9 Å².